The fraction of sp³-hybridized carbons (Fsp3) is 0.733. The molecular formula is C15H22N2O6. The van der Waals surface area contributed by atoms with Gasteiger partial charge in [0.2, 0.25) is 0 Å². The van der Waals surface area contributed by atoms with Crippen molar-refractivity contribution in [1.82, 2.24) is 9.55 Å². The molecule has 0 amide bonds. The number of hydrogen-bond acceptors (Lipinski definition) is 6. The highest BCUT2D eigenvalue weighted by Gasteiger charge is 2.49. The minimum absolute atomic E-state index is 0.168. The molecule has 128 valence electrons. The molecule has 1 aromatic heterocycles. The van der Waals surface area contributed by atoms with E-state index in [0.717, 1.165) is 19.3 Å². The number of ether oxygens (including phenoxy) is 3. The van der Waals surface area contributed by atoms with Gasteiger partial charge in [0, 0.05) is 25.3 Å². The van der Waals surface area contributed by atoms with Gasteiger partial charge < -0.3 is 19.3 Å². The van der Waals surface area contributed by atoms with Crippen LogP contribution in [0.2, 0.25) is 0 Å². The summed E-state index contributed by atoms with van der Waals surface area (Å²) in [4.78, 5) is 25.5. The van der Waals surface area contributed by atoms with Crippen LogP contribution in [0.25, 0.3) is 0 Å². The van der Waals surface area contributed by atoms with Crippen molar-refractivity contribution in [3.05, 3.63) is 33.1 Å². The molecule has 1 aromatic rings. The number of hydrogen-bond donors (Lipinski definition) is 2. The number of nitrogens with one attached hydrogen (secondary N) is 1. The normalized spacial score (nSPS) is 34.6. The number of H-pyrrole nitrogens is 1. The molecule has 0 aliphatic carbocycles. The predicted molar refractivity (Wildman–Crippen MR) is 80.0 cm³/mol. The maximum absolute atomic E-state index is 12.1. The highest BCUT2D eigenvalue weighted by atomic mass is 16.7. The Morgan fingerprint density at radius 3 is 2.96 bits per heavy atom. The Kier molecular flexibility index (Phi) is 4.67. The Morgan fingerprint density at radius 1 is 1.48 bits per heavy atom. The number of rotatable bonds is 4. The Balaban J connectivity index is 1.88. The summed E-state index contributed by atoms with van der Waals surface area (Å²) in [5.41, 5.74) is -1.88. The lowest BCUT2D eigenvalue weighted by atomic mass is 9.99. The van der Waals surface area contributed by atoms with Crippen molar-refractivity contribution in [2.75, 3.05) is 13.2 Å². The van der Waals surface area contributed by atoms with Crippen LogP contribution in [0, 0.1) is 0 Å². The second-order valence-corrected chi connectivity index (χ2v) is 6.24. The summed E-state index contributed by atoms with van der Waals surface area (Å²) < 4.78 is 18.8. The summed E-state index contributed by atoms with van der Waals surface area (Å²) in [6.07, 6.45) is 3.10. The summed E-state index contributed by atoms with van der Waals surface area (Å²) in [6, 6.07) is 1.26. The number of aromatic amines is 1. The standard InChI is InChI=1S/C15H22N2O6/c1-15(23-12-4-2-3-7-21-12)8-10(9-18)22-13(15)17-6-5-11(19)16-14(17)20/h5-6,10,12-13,18H,2-4,7-9H2,1H3,(H,16,19,20)/t10-,12?,13+,15+/m0/s1. The van der Waals surface area contributed by atoms with Crippen LogP contribution < -0.4 is 11.2 Å². The van der Waals surface area contributed by atoms with Crippen LogP contribution in [-0.2, 0) is 14.2 Å². The first kappa shape index (κ1) is 16.4. The van der Waals surface area contributed by atoms with E-state index in [4.69, 9.17) is 14.2 Å². The number of nitrogens with zero attached hydrogens (tertiary/aromatic N) is 1. The third-order valence-electron chi connectivity index (χ3n) is 4.32. The number of aromatic nitrogens is 2. The average Bonchev–Trinajstić information content (AvgIpc) is 2.85. The van der Waals surface area contributed by atoms with Gasteiger partial charge in [0.25, 0.3) is 5.56 Å². The van der Waals surface area contributed by atoms with E-state index in [1.54, 1.807) is 0 Å². The van der Waals surface area contributed by atoms with Crippen LogP contribution in [0.15, 0.2) is 21.9 Å². The van der Waals surface area contributed by atoms with Gasteiger partial charge in [-0.3, -0.25) is 14.3 Å². The summed E-state index contributed by atoms with van der Waals surface area (Å²) in [6.45, 7) is 2.32. The van der Waals surface area contributed by atoms with Crippen molar-refractivity contribution >= 4 is 0 Å². The molecule has 3 rings (SSSR count). The Labute approximate surface area is 133 Å². The van der Waals surface area contributed by atoms with Gasteiger partial charge in [-0.15, -0.1) is 0 Å². The van der Waals surface area contributed by atoms with Crippen LogP contribution >= 0.6 is 0 Å². The van der Waals surface area contributed by atoms with Gasteiger partial charge in [-0.25, -0.2) is 4.79 Å². The van der Waals surface area contributed by atoms with Gasteiger partial charge in [-0.1, -0.05) is 0 Å². The average molecular weight is 326 g/mol. The van der Waals surface area contributed by atoms with E-state index in [9.17, 15) is 14.7 Å². The predicted octanol–water partition coefficient (Wildman–Crippen LogP) is 0.118. The highest BCUT2D eigenvalue weighted by Crippen LogP contribution is 2.41. The van der Waals surface area contributed by atoms with Crippen LogP contribution in [0.4, 0.5) is 0 Å². The Bertz CT molecular complexity index is 650. The van der Waals surface area contributed by atoms with Gasteiger partial charge in [0.05, 0.1) is 12.7 Å². The smallest absolute Gasteiger partial charge is 0.330 e. The molecule has 0 spiro atoms. The molecule has 4 atom stereocenters. The third-order valence-corrected chi connectivity index (χ3v) is 4.32. The van der Waals surface area contributed by atoms with Gasteiger partial charge in [0.1, 0.15) is 5.60 Å². The van der Waals surface area contributed by atoms with Crippen LogP contribution in [0.3, 0.4) is 0 Å². The van der Waals surface area contributed by atoms with Crippen LogP contribution in [0.5, 0.6) is 0 Å². The van der Waals surface area contributed by atoms with Crippen molar-refractivity contribution in [2.24, 2.45) is 0 Å². The molecule has 2 fully saturated rings. The molecule has 3 heterocycles. The summed E-state index contributed by atoms with van der Waals surface area (Å²) in [5.74, 6) is 0. The zero-order valence-electron chi connectivity index (χ0n) is 13.1. The quantitative estimate of drug-likeness (QED) is 0.814. The van der Waals surface area contributed by atoms with Gasteiger partial charge in [-0.05, 0) is 26.2 Å². The lowest BCUT2D eigenvalue weighted by Crippen LogP contribution is -2.44. The summed E-state index contributed by atoms with van der Waals surface area (Å²) in [7, 11) is 0. The summed E-state index contributed by atoms with van der Waals surface area (Å²) >= 11 is 0. The molecule has 2 N–H and O–H groups in total. The van der Waals surface area contributed by atoms with Crippen LogP contribution in [0.1, 0.15) is 38.8 Å². The van der Waals surface area contributed by atoms with E-state index in [1.165, 1.54) is 16.8 Å². The number of aliphatic hydroxyl groups excluding tert-OH is 1. The Morgan fingerprint density at radius 2 is 2.30 bits per heavy atom. The monoisotopic (exact) mass is 326 g/mol. The molecule has 2 aliphatic rings. The molecule has 1 unspecified atom stereocenters. The number of aliphatic hydroxyl groups is 1. The maximum atomic E-state index is 12.1. The van der Waals surface area contributed by atoms with Crippen molar-refractivity contribution < 1.29 is 19.3 Å². The molecular weight excluding hydrogens is 304 g/mol. The second kappa shape index (κ2) is 6.56. The molecule has 2 aliphatic heterocycles. The lowest BCUT2D eigenvalue weighted by molar-refractivity contribution is -0.242. The SMILES string of the molecule is C[C@@]1(OC2CCCCO2)C[C@@H](CO)O[C@H]1n1ccc(=O)[nH]c1=O. The molecule has 8 heteroatoms. The van der Waals surface area contributed by atoms with Gasteiger partial charge in [0.15, 0.2) is 12.5 Å². The fourth-order valence-corrected chi connectivity index (χ4v) is 3.22. The van der Waals surface area contributed by atoms with Crippen molar-refractivity contribution in [3.63, 3.8) is 0 Å². The molecule has 0 radical (unpaired) electrons. The van der Waals surface area contributed by atoms with E-state index in [0.29, 0.717) is 13.0 Å². The largest absolute Gasteiger partial charge is 0.394 e. The lowest BCUT2D eigenvalue weighted by Gasteiger charge is -2.35. The van der Waals surface area contributed by atoms with Crippen molar-refractivity contribution in [2.45, 2.75) is 56.8 Å². The molecule has 2 saturated heterocycles. The topological polar surface area (TPSA) is 103 Å². The van der Waals surface area contributed by atoms with E-state index >= 15 is 0 Å². The first-order valence-electron chi connectivity index (χ1n) is 7.89. The minimum Gasteiger partial charge on any atom is -0.394 e. The molecule has 0 aromatic carbocycles. The van der Waals surface area contributed by atoms with E-state index < -0.39 is 29.2 Å². The zero-order valence-corrected chi connectivity index (χ0v) is 13.1. The molecule has 0 bridgehead atoms. The second-order valence-electron chi connectivity index (χ2n) is 6.24. The molecule has 23 heavy (non-hydrogen) atoms. The summed E-state index contributed by atoms with van der Waals surface area (Å²) in [5, 5.41) is 9.43. The molecule has 8 nitrogen and oxygen atoms in total. The van der Waals surface area contributed by atoms with Crippen molar-refractivity contribution in [3.8, 4) is 0 Å². The third kappa shape index (κ3) is 3.40. The van der Waals surface area contributed by atoms with E-state index in [2.05, 4.69) is 4.98 Å². The fourth-order valence-electron chi connectivity index (χ4n) is 3.22. The van der Waals surface area contributed by atoms with Crippen LogP contribution in [-0.4, -0.2) is 45.9 Å². The zero-order chi connectivity index (χ0) is 16.4. The first-order valence-corrected chi connectivity index (χ1v) is 7.89. The highest BCUT2D eigenvalue weighted by molar-refractivity contribution is 4.96. The van der Waals surface area contributed by atoms with Crippen molar-refractivity contribution in [1.29, 1.82) is 0 Å². The van der Waals surface area contributed by atoms with E-state index in [1.807, 2.05) is 6.92 Å². The maximum Gasteiger partial charge on any atom is 0.330 e. The van der Waals surface area contributed by atoms with Gasteiger partial charge >= 0.3 is 5.69 Å². The minimum atomic E-state index is -0.836. The van der Waals surface area contributed by atoms with E-state index in [-0.39, 0.29) is 12.9 Å². The molecule has 0 saturated carbocycles. The first-order chi connectivity index (χ1) is 11.0. The Hall–Kier alpha value is -1.48. The van der Waals surface area contributed by atoms with Gasteiger partial charge in [-0.2, -0.15) is 0 Å².